The molecule has 0 unspecified atom stereocenters. The molecule has 1 atom stereocenters. The Kier molecular flexibility index (Phi) is 8.99. The summed E-state index contributed by atoms with van der Waals surface area (Å²) in [6, 6.07) is 19.8. The van der Waals surface area contributed by atoms with Crippen molar-refractivity contribution in [2.75, 3.05) is 23.4 Å². The quantitative estimate of drug-likeness (QED) is 0.261. The number of thiocarbonyl (C=S) groups is 1. The van der Waals surface area contributed by atoms with Gasteiger partial charge in [0.05, 0.1) is 24.3 Å². The number of benzene rings is 3. The summed E-state index contributed by atoms with van der Waals surface area (Å²) in [6.45, 7) is 2.41. The molecule has 7 nitrogen and oxygen atoms in total. The van der Waals surface area contributed by atoms with Gasteiger partial charge in [-0.25, -0.2) is 4.79 Å². The van der Waals surface area contributed by atoms with Crippen molar-refractivity contribution < 1.29 is 19.1 Å². The third kappa shape index (κ3) is 6.51. The highest BCUT2D eigenvalue weighted by molar-refractivity contribution is 7.80. The van der Waals surface area contributed by atoms with E-state index in [9.17, 15) is 14.4 Å². The molecule has 1 heterocycles. The van der Waals surface area contributed by atoms with Crippen molar-refractivity contribution in [2.24, 2.45) is 0 Å². The lowest BCUT2D eigenvalue weighted by Gasteiger charge is -2.24. The molecule has 0 bridgehead atoms. The van der Waals surface area contributed by atoms with Gasteiger partial charge in [-0.15, -0.1) is 0 Å². The maximum Gasteiger partial charge on any atom is 0.338 e. The van der Waals surface area contributed by atoms with Crippen LogP contribution in [0.25, 0.3) is 0 Å². The third-order valence-corrected chi connectivity index (χ3v) is 6.94. The third-order valence-electron chi connectivity index (χ3n) is 6.02. The number of nitrogens with one attached hydrogen (secondary N) is 1. The van der Waals surface area contributed by atoms with Crippen LogP contribution in [0.15, 0.2) is 72.8 Å². The number of amides is 2. The van der Waals surface area contributed by atoms with E-state index in [1.54, 1.807) is 72.5 Å². The van der Waals surface area contributed by atoms with Crippen molar-refractivity contribution in [1.29, 1.82) is 0 Å². The van der Waals surface area contributed by atoms with Gasteiger partial charge in [0, 0.05) is 22.3 Å². The van der Waals surface area contributed by atoms with Gasteiger partial charge in [-0.1, -0.05) is 35.3 Å². The largest absolute Gasteiger partial charge is 0.462 e. The Hall–Kier alpha value is -3.46. The number of rotatable bonds is 9. The van der Waals surface area contributed by atoms with E-state index in [0.717, 1.165) is 5.56 Å². The van der Waals surface area contributed by atoms with E-state index in [1.165, 1.54) is 4.90 Å². The topological polar surface area (TPSA) is 78.9 Å². The first-order valence-corrected chi connectivity index (χ1v) is 13.1. The minimum absolute atomic E-state index is 0.0976. The summed E-state index contributed by atoms with van der Waals surface area (Å²) >= 11 is 17.7. The van der Waals surface area contributed by atoms with Crippen LogP contribution in [0.4, 0.5) is 11.4 Å². The fraction of sp³-hybridized carbons (Fsp3) is 0.214. The maximum absolute atomic E-state index is 13.6. The minimum atomic E-state index is -0.799. The van der Waals surface area contributed by atoms with Crippen LogP contribution in [0.1, 0.15) is 29.3 Å². The van der Waals surface area contributed by atoms with Crippen molar-refractivity contribution >= 4 is 69.7 Å². The van der Waals surface area contributed by atoms with Crippen LogP contribution in [-0.4, -0.2) is 47.0 Å². The van der Waals surface area contributed by atoms with Crippen LogP contribution in [0, 0.1) is 0 Å². The fourth-order valence-electron chi connectivity index (χ4n) is 4.11. The molecule has 1 fully saturated rings. The summed E-state index contributed by atoms with van der Waals surface area (Å²) in [5.74, 6) is -1.10. The predicted octanol–water partition coefficient (Wildman–Crippen LogP) is 5.74. The summed E-state index contributed by atoms with van der Waals surface area (Å²) in [5, 5.41) is 4.29. The predicted molar refractivity (Wildman–Crippen MR) is 153 cm³/mol. The molecule has 1 N–H and O–H groups in total. The molecule has 2 amide bonds. The number of hydrogen-bond donors (Lipinski definition) is 1. The van der Waals surface area contributed by atoms with Crippen molar-refractivity contribution in [3.8, 4) is 0 Å². The lowest BCUT2D eigenvalue weighted by Crippen LogP contribution is -2.39. The van der Waals surface area contributed by atoms with Gasteiger partial charge >= 0.3 is 5.97 Å². The second kappa shape index (κ2) is 12.4. The van der Waals surface area contributed by atoms with Gasteiger partial charge in [0.25, 0.3) is 5.91 Å². The number of anilines is 2. The van der Waals surface area contributed by atoms with Gasteiger partial charge in [0.1, 0.15) is 6.04 Å². The molecule has 0 saturated carbocycles. The highest BCUT2D eigenvalue weighted by atomic mass is 35.5. The second-order valence-corrected chi connectivity index (χ2v) is 9.81. The zero-order valence-corrected chi connectivity index (χ0v) is 22.9. The van der Waals surface area contributed by atoms with Crippen molar-refractivity contribution in [1.82, 2.24) is 4.90 Å². The Morgan fingerprint density at radius 2 is 1.55 bits per heavy atom. The van der Waals surface area contributed by atoms with E-state index in [-0.39, 0.29) is 30.0 Å². The Bertz CT molecular complexity index is 1330. The summed E-state index contributed by atoms with van der Waals surface area (Å²) in [4.78, 5) is 41.8. The number of esters is 1. The molecular weight excluding hydrogens is 545 g/mol. The molecule has 38 heavy (non-hydrogen) atoms. The van der Waals surface area contributed by atoms with Gasteiger partial charge in [0.15, 0.2) is 5.11 Å². The van der Waals surface area contributed by atoms with Crippen molar-refractivity contribution in [3.05, 3.63) is 94.0 Å². The van der Waals surface area contributed by atoms with Crippen molar-refractivity contribution in [2.45, 2.75) is 25.8 Å². The Morgan fingerprint density at radius 1 is 0.947 bits per heavy atom. The molecule has 3 aromatic rings. The van der Waals surface area contributed by atoms with E-state index in [1.807, 2.05) is 12.1 Å². The lowest BCUT2D eigenvalue weighted by molar-refractivity contribution is -0.124. The van der Waals surface area contributed by atoms with Crippen LogP contribution in [0.2, 0.25) is 10.0 Å². The molecule has 10 heteroatoms. The molecule has 196 valence electrons. The van der Waals surface area contributed by atoms with Gasteiger partial charge in [-0.2, -0.15) is 0 Å². The second-order valence-electron chi connectivity index (χ2n) is 8.57. The van der Waals surface area contributed by atoms with E-state index in [0.29, 0.717) is 39.9 Å². The lowest BCUT2D eigenvalue weighted by atomic mass is 10.1. The number of ether oxygens (including phenoxy) is 1. The molecule has 3 aromatic carbocycles. The molecule has 0 aliphatic carbocycles. The number of carbonyl (C=O) groups is 3. The van der Waals surface area contributed by atoms with E-state index < -0.39 is 12.0 Å². The molecule has 0 spiro atoms. The highest BCUT2D eigenvalue weighted by Crippen LogP contribution is 2.28. The molecule has 0 radical (unpaired) electrons. The van der Waals surface area contributed by atoms with Crippen LogP contribution < -0.4 is 10.2 Å². The maximum atomic E-state index is 13.6. The number of hydrogen-bond acceptors (Lipinski definition) is 5. The standard InChI is InChI=1S/C28H25Cl2N3O4S/c1-2-37-27(36)19-5-13-23(14-6-19)33-26(35)24(17-25(34)31-22-11-9-21(30)10-12-22)32(28(33)38)16-15-18-3-7-20(29)8-4-18/h3-14,24H,2,15-17H2,1H3,(H,31,34)/t24-/m1/s1. The first-order valence-electron chi connectivity index (χ1n) is 12.0. The molecule has 1 aliphatic rings. The van der Waals surface area contributed by atoms with E-state index in [2.05, 4.69) is 5.32 Å². The fourth-order valence-corrected chi connectivity index (χ4v) is 4.77. The summed E-state index contributed by atoms with van der Waals surface area (Å²) in [6.07, 6.45) is 0.495. The molecule has 0 aromatic heterocycles. The Balaban J connectivity index is 1.55. The SMILES string of the molecule is CCOC(=O)c1ccc(N2C(=O)[C@@H](CC(=O)Nc3ccc(Cl)cc3)N(CCc3ccc(Cl)cc3)C2=S)cc1. The van der Waals surface area contributed by atoms with Gasteiger partial charge in [-0.05, 0) is 91.8 Å². The summed E-state index contributed by atoms with van der Waals surface area (Å²) < 4.78 is 5.04. The van der Waals surface area contributed by atoms with Crippen LogP contribution in [0.5, 0.6) is 0 Å². The average Bonchev–Trinajstić information content (AvgIpc) is 3.13. The first-order chi connectivity index (χ1) is 18.3. The monoisotopic (exact) mass is 569 g/mol. The Labute approximate surface area is 236 Å². The van der Waals surface area contributed by atoms with E-state index >= 15 is 0 Å². The van der Waals surface area contributed by atoms with Crippen molar-refractivity contribution in [3.63, 3.8) is 0 Å². The Morgan fingerprint density at radius 3 is 2.16 bits per heavy atom. The highest BCUT2D eigenvalue weighted by Gasteiger charge is 2.44. The summed E-state index contributed by atoms with van der Waals surface area (Å²) in [7, 11) is 0. The zero-order chi connectivity index (χ0) is 27.2. The van der Waals surface area contributed by atoms with Gasteiger partial charge < -0.3 is 15.0 Å². The number of nitrogens with zero attached hydrogens (tertiary/aromatic N) is 2. The van der Waals surface area contributed by atoms with Gasteiger partial charge in [0.2, 0.25) is 5.91 Å². The number of carbonyl (C=O) groups excluding carboxylic acids is 3. The summed E-state index contributed by atoms with van der Waals surface area (Å²) in [5.41, 5.74) is 2.47. The number of halogens is 2. The molecule has 4 rings (SSSR count). The van der Waals surface area contributed by atoms with E-state index in [4.69, 9.17) is 40.2 Å². The average molecular weight is 570 g/mol. The van der Waals surface area contributed by atoms with Crippen LogP contribution in [-0.2, 0) is 20.7 Å². The normalized spacial score (nSPS) is 15.1. The van der Waals surface area contributed by atoms with Gasteiger partial charge in [-0.3, -0.25) is 14.5 Å². The van der Waals surface area contributed by atoms with Crippen LogP contribution >= 0.6 is 35.4 Å². The van der Waals surface area contributed by atoms with Crippen LogP contribution in [0.3, 0.4) is 0 Å². The molecular formula is C28H25Cl2N3O4S. The zero-order valence-electron chi connectivity index (χ0n) is 20.5. The first kappa shape index (κ1) is 27.6. The molecule has 1 saturated heterocycles. The minimum Gasteiger partial charge on any atom is -0.462 e. The smallest absolute Gasteiger partial charge is 0.338 e. The molecule has 1 aliphatic heterocycles.